The van der Waals surface area contributed by atoms with Crippen molar-refractivity contribution in [3.8, 4) is 0 Å². The summed E-state index contributed by atoms with van der Waals surface area (Å²) in [5.74, 6) is 1.93. The van der Waals surface area contributed by atoms with Crippen LogP contribution in [0.25, 0.3) is 0 Å². The van der Waals surface area contributed by atoms with E-state index in [9.17, 15) is 4.79 Å². The van der Waals surface area contributed by atoms with Gasteiger partial charge in [0.1, 0.15) is 0 Å². The summed E-state index contributed by atoms with van der Waals surface area (Å²) in [5.41, 5.74) is 6.36. The third kappa shape index (κ3) is 5.13. The SMILES string of the molecule is CCSCCC(C)NC(=O)c1cc(Cl)c(N)c(Cl)c1. The van der Waals surface area contributed by atoms with E-state index in [-0.39, 0.29) is 11.9 Å². The number of nitrogen functional groups attached to an aromatic ring is 1. The van der Waals surface area contributed by atoms with Gasteiger partial charge in [-0.05, 0) is 37.0 Å². The number of halogens is 2. The monoisotopic (exact) mass is 320 g/mol. The van der Waals surface area contributed by atoms with Crippen LogP contribution in [0.4, 0.5) is 5.69 Å². The molecule has 0 heterocycles. The van der Waals surface area contributed by atoms with Crippen molar-refractivity contribution < 1.29 is 4.79 Å². The van der Waals surface area contributed by atoms with Crippen LogP contribution in [0.2, 0.25) is 10.0 Å². The van der Waals surface area contributed by atoms with Crippen molar-refractivity contribution in [1.82, 2.24) is 5.32 Å². The second-order valence-corrected chi connectivity index (χ2v) is 6.42. The van der Waals surface area contributed by atoms with Gasteiger partial charge in [-0.25, -0.2) is 0 Å². The standard InChI is InChI=1S/C13H18Cl2N2OS/c1-3-19-5-4-8(2)17-13(18)9-6-10(14)12(16)11(15)7-9/h6-8H,3-5,16H2,1-2H3,(H,17,18). The Labute approximate surface area is 128 Å². The summed E-state index contributed by atoms with van der Waals surface area (Å²) >= 11 is 13.7. The number of carbonyl (C=O) groups is 1. The lowest BCUT2D eigenvalue weighted by atomic mass is 10.1. The molecule has 3 N–H and O–H groups in total. The summed E-state index contributed by atoms with van der Waals surface area (Å²) < 4.78 is 0. The minimum Gasteiger partial charge on any atom is -0.396 e. The van der Waals surface area contributed by atoms with Crippen LogP contribution < -0.4 is 11.1 Å². The highest BCUT2D eigenvalue weighted by Crippen LogP contribution is 2.28. The van der Waals surface area contributed by atoms with Crippen LogP contribution in [-0.4, -0.2) is 23.5 Å². The summed E-state index contributed by atoms with van der Waals surface area (Å²) in [6.07, 6.45) is 0.931. The Hall–Kier alpha value is -0.580. The topological polar surface area (TPSA) is 55.1 Å². The number of amides is 1. The molecule has 1 aromatic rings. The van der Waals surface area contributed by atoms with Gasteiger partial charge in [-0.1, -0.05) is 30.1 Å². The molecular weight excluding hydrogens is 303 g/mol. The second-order valence-electron chi connectivity index (χ2n) is 4.21. The molecule has 1 aromatic carbocycles. The van der Waals surface area contributed by atoms with Crippen LogP contribution in [0.3, 0.4) is 0 Å². The molecule has 0 bridgehead atoms. The molecule has 106 valence electrons. The van der Waals surface area contributed by atoms with E-state index in [2.05, 4.69) is 12.2 Å². The van der Waals surface area contributed by atoms with E-state index in [1.165, 1.54) is 12.1 Å². The van der Waals surface area contributed by atoms with Gasteiger partial charge in [0, 0.05) is 11.6 Å². The van der Waals surface area contributed by atoms with Crippen LogP contribution in [0.1, 0.15) is 30.6 Å². The zero-order valence-corrected chi connectivity index (χ0v) is 13.3. The first-order valence-electron chi connectivity index (χ1n) is 6.08. The number of benzene rings is 1. The average molecular weight is 321 g/mol. The van der Waals surface area contributed by atoms with Gasteiger partial charge in [0.25, 0.3) is 5.91 Å². The number of rotatable bonds is 6. The van der Waals surface area contributed by atoms with Crippen LogP contribution in [-0.2, 0) is 0 Å². The molecule has 1 atom stereocenters. The van der Waals surface area contributed by atoms with E-state index in [0.29, 0.717) is 21.3 Å². The predicted molar refractivity (Wildman–Crippen MR) is 85.4 cm³/mol. The van der Waals surface area contributed by atoms with Gasteiger partial charge < -0.3 is 11.1 Å². The molecule has 0 radical (unpaired) electrons. The van der Waals surface area contributed by atoms with Crippen molar-refractivity contribution in [3.63, 3.8) is 0 Å². The zero-order valence-electron chi connectivity index (χ0n) is 11.0. The van der Waals surface area contributed by atoms with Gasteiger partial charge in [0.2, 0.25) is 0 Å². The zero-order chi connectivity index (χ0) is 14.4. The number of nitrogens with two attached hydrogens (primary N) is 1. The highest BCUT2D eigenvalue weighted by atomic mass is 35.5. The highest BCUT2D eigenvalue weighted by Gasteiger charge is 2.13. The molecule has 0 spiro atoms. The Morgan fingerprint density at radius 2 is 2.00 bits per heavy atom. The number of thioether (sulfide) groups is 1. The van der Waals surface area contributed by atoms with E-state index in [1.807, 2.05) is 18.7 Å². The Bertz CT molecular complexity index is 431. The molecule has 0 aliphatic rings. The molecule has 6 heteroatoms. The Kier molecular flexibility index (Phi) is 6.83. The molecule has 1 amide bonds. The minimum atomic E-state index is -0.183. The largest absolute Gasteiger partial charge is 0.396 e. The average Bonchev–Trinajstić information content (AvgIpc) is 2.35. The Morgan fingerprint density at radius 1 is 1.42 bits per heavy atom. The molecular formula is C13H18Cl2N2OS. The number of anilines is 1. The first-order chi connectivity index (χ1) is 8.95. The number of hydrogen-bond acceptors (Lipinski definition) is 3. The fourth-order valence-electron chi connectivity index (χ4n) is 1.50. The van der Waals surface area contributed by atoms with Gasteiger partial charge in [-0.2, -0.15) is 11.8 Å². The summed E-state index contributed by atoms with van der Waals surface area (Å²) in [6, 6.07) is 3.18. The Morgan fingerprint density at radius 3 is 2.53 bits per heavy atom. The molecule has 0 saturated heterocycles. The summed E-state index contributed by atoms with van der Waals surface area (Å²) in [5, 5.41) is 3.51. The third-order valence-electron chi connectivity index (χ3n) is 2.62. The molecule has 0 aliphatic carbocycles. The maximum absolute atomic E-state index is 12.0. The first-order valence-corrected chi connectivity index (χ1v) is 7.99. The Balaban J connectivity index is 2.63. The first kappa shape index (κ1) is 16.5. The summed E-state index contributed by atoms with van der Waals surface area (Å²) in [4.78, 5) is 12.0. The highest BCUT2D eigenvalue weighted by molar-refractivity contribution is 7.99. The molecule has 1 rings (SSSR count). The number of nitrogens with one attached hydrogen (secondary N) is 1. The maximum Gasteiger partial charge on any atom is 0.251 e. The fraction of sp³-hybridized carbons (Fsp3) is 0.462. The van der Waals surface area contributed by atoms with Crippen molar-refractivity contribution in [2.75, 3.05) is 17.2 Å². The second kappa shape index (κ2) is 7.88. The molecule has 0 aromatic heterocycles. The normalized spacial score (nSPS) is 12.2. The van der Waals surface area contributed by atoms with Crippen LogP contribution >= 0.6 is 35.0 Å². The summed E-state index contributed by atoms with van der Waals surface area (Å²) in [6.45, 7) is 4.10. The van der Waals surface area contributed by atoms with E-state index in [0.717, 1.165) is 17.9 Å². The van der Waals surface area contributed by atoms with E-state index in [1.54, 1.807) is 0 Å². The molecule has 3 nitrogen and oxygen atoms in total. The van der Waals surface area contributed by atoms with E-state index < -0.39 is 0 Å². The third-order valence-corrected chi connectivity index (χ3v) is 4.18. The number of carbonyl (C=O) groups excluding carboxylic acids is 1. The van der Waals surface area contributed by atoms with Gasteiger partial charge in [0.05, 0.1) is 15.7 Å². The molecule has 0 saturated carbocycles. The predicted octanol–water partition coefficient (Wildman–Crippen LogP) is 3.84. The molecule has 0 fully saturated rings. The van der Waals surface area contributed by atoms with Gasteiger partial charge in [-0.15, -0.1) is 0 Å². The van der Waals surface area contributed by atoms with Gasteiger partial charge in [0.15, 0.2) is 0 Å². The number of hydrogen-bond donors (Lipinski definition) is 2. The van der Waals surface area contributed by atoms with E-state index in [4.69, 9.17) is 28.9 Å². The van der Waals surface area contributed by atoms with Crippen LogP contribution in [0.5, 0.6) is 0 Å². The van der Waals surface area contributed by atoms with Crippen molar-refractivity contribution in [2.24, 2.45) is 0 Å². The van der Waals surface area contributed by atoms with Crippen molar-refractivity contribution >= 4 is 46.6 Å². The molecule has 0 aliphatic heterocycles. The lowest BCUT2D eigenvalue weighted by Crippen LogP contribution is -2.33. The maximum atomic E-state index is 12.0. The summed E-state index contributed by atoms with van der Waals surface area (Å²) in [7, 11) is 0. The lowest BCUT2D eigenvalue weighted by molar-refractivity contribution is 0.0939. The van der Waals surface area contributed by atoms with Crippen molar-refractivity contribution in [1.29, 1.82) is 0 Å². The van der Waals surface area contributed by atoms with Crippen molar-refractivity contribution in [3.05, 3.63) is 27.7 Å². The van der Waals surface area contributed by atoms with Gasteiger partial charge >= 0.3 is 0 Å². The van der Waals surface area contributed by atoms with Gasteiger partial charge in [-0.3, -0.25) is 4.79 Å². The lowest BCUT2D eigenvalue weighted by Gasteiger charge is -2.14. The molecule has 1 unspecified atom stereocenters. The van der Waals surface area contributed by atoms with Crippen LogP contribution in [0, 0.1) is 0 Å². The quantitative estimate of drug-likeness (QED) is 0.618. The smallest absolute Gasteiger partial charge is 0.251 e. The van der Waals surface area contributed by atoms with Crippen LogP contribution in [0.15, 0.2) is 12.1 Å². The molecule has 19 heavy (non-hydrogen) atoms. The minimum absolute atomic E-state index is 0.113. The van der Waals surface area contributed by atoms with E-state index >= 15 is 0 Å². The van der Waals surface area contributed by atoms with Crippen molar-refractivity contribution in [2.45, 2.75) is 26.3 Å². The fourth-order valence-corrected chi connectivity index (χ4v) is 2.80.